The summed E-state index contributed by atoms with van der Waals surface area (Å²) in [5.41, 5.74) is 0. The number of carbonyl (C=O) groups is 2. The second-order valence-corrected chi connectivity index (χ2v) is 5.55. The van der Waals surface area contributed by atoms with E-state index in [0.717, 1.165) is 0 Å². The molecule has 0 bridgehead atoms. The van der Waals surface area contributed by atoms with Crippen LogP contribution in [0.25, 0.3) is 0 Å². The van der Waals surface area contributed by atoms with Gasteiger partial charge in [0, 0.05) is 17.2 Å². The van der Waals surface area contributed by atoms with Crippen LogP contribution in [0.4, 0.5) is 9.18 Å². The number of thioether (sulfide) groups is 1. The van der Waals surface area contributed by atoms with Crippen LogP contribution in [0.5, 0.6) is 0 Å². The highest BCUT2D eigenvalue weighted by Gasteiger charge is 2.12. The molecule has 22 heavy (non-hydrogen) atoms. The van der Waals surface area contributed by atoms with Crippen molar-refractivity contribution in [1.29, 1.82) is 0 Å². The summed E-state index contributed by atoms with van der Waals surface area (Å²) in [6.07, 6.45) is -0.732. The minimum Gasteiger partial charge on any atom is -0.450 e. The third-order valence-electron chi connectivity index (χ3n) is 2.83. The monoisotopic (exact) mass is 328 g/mol. The highest BCUT2D eigenvalue weighted by atomic mass is 32.2. The van der Waals surface area contributed by atoms with Gasteiger partial charge in [-0.3, -0.25) is 15.0 Å². The maximum Gasteiger partial charge on any atom is 0.413 e. The van der Waals surface area contributed by atoms with E-state index in [9.17, 15) is 14.0 Å². The summed E-state index contributed by atoms with van der Waals surface area (Å²) in [5.74, 6) is 0.00774. The van der Waals surface area contributed by atoms with Crippen molar-refractivity contribution in [3.8, 4) is 0 Å². The topological polar surface area (TPSA) is 58.6 Å². The summed E-state index contributed by atoms with van der Waals surface area (Å²) in [5, 5.41) is 2.15. The largest absolute Gasteiger partial charge is 0.450 e. The average molecular weight is 328 g/mol. The van der Waals surface area contributed by atoms with Crippen LogP contribution >= 0.6 is 11.8 Å². The molecule has 1 aromatic rings. The van der Waals surface area contributed by atoms with Crippen LogP contribution in [-0.4, -0.2) is 48.9 Å². The molecule has 0 aromatic heterocycles. The van der Waals surface area contributed by atoms with Gasteiger partial charge in [-0.25, -0.2) is 9.18 Å². The fraction of sp³-hybridized carbons (Fsp3) is 0.467. The lowest BCUT2D eigenvalue weighted by molar-refractivity contribution is -0.121. The molecule has 7 heteroatoms. The van der Waals surface area contributed by atoms with E-state index in [4.69, 9.17) is 0 Å². The lowest BCUT2D eigenvalue weighted by Gasteiger charge is -2.19. The second kappa shape index (κ2) is 10.2. The Kier molecular flexibility index (Phi) is 8.54. The molecule has 0 saturated carbocycles. The number of alkyl carbamates (subject to hydrolysis) is 1. The first kappa shape index (κ1) is 18.4. The van der Waals surface area contributed by atoms with Crippen LogP contribution in [0.2, 0.25) is 0 Å². The fourth-order valence-electron chi connectivity index (χ4n) is 1.72. The third-order valence-corrected chi connectivity index (χ3v) is 3.86. The van der Waals surface area contributed by atoms with E-state index in [1.807, 2.05) is 11.8 Å². The molecule has 0 radical (unpaired) electrons. The molecule has 0 spiro atoms. The van der Waals surface area contributed by atoms with Crippen LogP contribution in [0, 0.1) is 5.82 Å². The number of likely N-dealkylation sites (N-methyl/N-ethyl adjacent to an activating group) is 1. The smallest absolute Gasteiger partial charge is 0.413 e. The Morgan fingerprint density at radius 2 is 2.05 bits per heavy atom. The van der Waals surface area contributed by atoms with Crippen molar-refractivity contribution in [1.82, 2.24) is 10.2 Å². The highest BCUT2D eigenvalue weighted by molar-refractivity contribution is 7.99. The molecular weight excluding hydrogens is 307 g/mol. The maximum absolute atomic E-state index is 13.5. The van der Waals surface area contributed by atoms with Crippen molar-refractivity contribution in [3.63, 3.8) is 0 Å². The van der Waals surface area contributed by atoms with Gasteiger partial charge in [0.05, 0.1) is 13.2 Å². The normalized spacial score (nSPS) is 10.5. The number of halogens is 1. The number of ether oxygens (including phenoxy) is 1. The zero-order chi connectivity index (χ0) is 16.4. The van der Waals surface area contributed by atoms with E-state index in [-0.39, 0.29) is 19.0 Å². The molecule has 0 aliphatic rings. The minimum absolute atomic E-state index is 0.104. The molecule has 1 N–H and O–H groups in total. The van der Waals surface area contributed by atoms with E-state index in [1.54, 1.807) is 25.1 Å². The van der Waals surface area contributed by atoms with Gasteiger partial charge in [-0.05, 0) is 25.6 Å². The summed E-state index contributed by atoms with van der Waals surface area (Å²) in [6.45, 7) is 5.19. The summed E-state index contributed by atoms with van der Waals surface area (Å²) in [6, 6.07) is 6.59. The van der Waals surface area contributed by atoms with Gasteiger partial charge >= 0.3 is 6.09 Å². The number of rotatable bonds is 8. The first-order valence-corrected chi connectivity index (χ1v) is 8.11. The molecular formula is C15H21FN2O3S. The zero-order valence-electron chi connectivity index (χ0n) is 12.8. The number of hydrogen-bond acceptors (Lipinski definition) is 5. The van der Waals surface area contributed by atoms with E-state index in [0.29, 0.717) is 23.7 Å². The molecule has 0 fully saturated rings. The third kappa shape index (κ3) is 6.91. The SMILES string of the molecule is CCOC(=O)NC(=O)CN(CC)CCSc1ccccc1F. The Hall–Kier alpha value is -1.60. The predicted octanol–water partition coefficient (Wildman–Crippen LogP) is 2.51. The van der Waals surface area contributed by atoms with E-state index in [2.05, 4.69) is 10.1 Å². The first-order valence-electron chi connectivity index (χ1n) is 7.13. The number of benzene rings is 1. The van der Waals surface area contributed by atoms with E-state index in [1.165, 1.54) is 17.8 Å². The lowest BCUT2D eigenvalue weighted by Crippen LogP contribution is -2.41. The molecule has 1 aromatic carbocycles. The van der Waals surface area contributed by atoms with Crippen molar-refractivity contribution < 1.29 is 18.7 Å². The van der Waals surface area contributed by atoms with Crippen molar-refractivity contribution in [3.05, 3.63) is 30.1 Å². The van der Waals surface area contributed by atoms with Gasteiger partial charge in [0.2, 0.25) is 5.91 Å². The maximum atomic E-state index is 13.5. The number of hydrogen-bond donors (Lipinski definition) is 1. The van der Waals surface area contributed by atoms with Gasteiger partial charge in [-0.15, -0.1) is 11.8 Å². The molecule has 0 unspecified atom stereocenters. The summed E-state index contributed by atoms with van der Waals surface area (Å²) in [4.78, 5) is 25.3. The van der Waals surface area contributed by atoms with E-state index < -0.39 is 12.0 Å². The van der Waals surface area contributed by atoms with Crippen LogP contribution in [0.15, 0.2) is 29.2 Å². The summed E-state index contributed by atoms with van der Waals surface area (Å²) < 4.78 is 18.1. The second-order valence-electron chi connectivity index (χ2n) is 4.42. The van der Waals surface area contributed by atoms with Gasteiger partial charge in [0.15, 0.2) is 0 Å². The lowest BCUT2D eigenvalue weighted by atomic mass is 10.3. The van der Waals surface area contributed by atoms with Crippen molar-refractivity contribution in [2.45, 2.75) is 18.7 Å². The minimum atomic E-state index is -0.732. The number of carbonyl (C=O) groups excluding carboxylic acids is 2. The van der Waals surface area contributed by atoms with Crippen LogP contribution in [0.3, 0.4) is 0 Å². The van der Waals surface area contributed by atoms with Crippen LogP contribution < -0.4 is 5.32 Å². The average Bonchev–Trinajstić information content (AvgIpc) is 2.48. The van der Waals surface area contributed by atoms with Crippen LogP contribution in [-0.2, 0) is 9.53 Å². The first-order chi connectivity index (χ1) is 10.6. The van der Waals surface area contributed by atoms with Gasteiger partial charge in [-0.2, -0.15) is 0 Å². The van der Waals surface area contributed by atoms with E-state index >= 15 is 0 Å². The molecule has 0 aliphatic heterocycles. The Morgan fingerprint density at radius 1 is 1.32 bits per heavy atom. The standard InChI is InChI=1S/C15H21FN2O3S/c1-3-18(11-14(19)17-15(20)21-4-2)9-10-22-13-8-6-5-7-12(13)16/h5-8H,3-4,9-11H2,1-2H3,(H,17,19,20). The number of imide groups is 1. The van der Waals surface area contributed by atoms with Gasteiger partial charge in [0.1, 0.15) is 5.82 Å². The Labute approximate surface area is 134 Å². The van der Waals surface area contributed by atoms with Crippen molar-refractivity contribution in [2.24, 2.45) is 0 Å². The van der Waals surface area contributed by atoms with Crippen LogP contribution in [0.1, 0.15) is 13.8 Å². The van der Waals surface area contributed by atoms with Gasteiger partial charge in [0.25, 0.3) is 0 Å². The van der Waals surface area contributed by atoms with Crippen molar-refractivity contribution in [2.75, 3.05) is 32.0 Å². The molecule has 0 saturated heterocycles. The molecule has 2 amide bonds. The molecule has 1 rings (SSSR count). The van der Waals surface area contributed by atoms with Crippen molar-refractivity contribution >= 4 is 23.8 Å². The molecule has 0 atom stereocenters. The zero-order valence-corrected chi connectivity index (χ0v) is 13.6. The Balaban J connectivity index is 2.34. The van der Waals surface area contributed by atoms with Gasteiger partial charge in [-0.1, -0.05) is 19.1 Å². The Morgan fingerprint density at radius 3 is 2.68 bits per heavy atom. The highest BCUT2D eigenvalue weighted by Crippen LogP contribution is 2.20. The molecule has 122 valence electrons. The quantitative estimate of drug-likeness (QED) is 0.743. The fourth-order valence-corrected chi connectivity index (χ4v) is 2.67. The number of nitrogens with one attached hydrogen (secondary N) is 1. The van der Waals surface area contributed by atoms with Gasteiger partial charge < -0.3 is 4.74 Å². The Bertz CT molecular complexity index is 499. The molecule has 0 heterocycles. The predicted molar refractivity (Wildman–Crippen MR) is 84.4 cm³/mol. The molecule has 0 aliphatic carbocycles. The number of amides is 2. The summed E-state index contributed by atoms with van der Waals surface area (Å²) >= 11 is 1.40. The summed E-state index contributed by atoms with van der Waals surface area (Å²) in [7, 11) is 0. The molecule has 5 nitrogen and oxygen atoms in total. The number of nitrogens with zero attached hydrogens (tertiary/aromatic N) is 1.